The smallest absolute Gasteiger partial charge is 0.332 e. The van der Waals surface area contributed by atoms with Gasteiger partial charge < -0.3 is 14.0 Å². The van der Waals surface area contributed by atoms with E-state index in [1.165, 1.54) is 16.7 Å². The highest BCUT2D eigenvalue weighted by molar-refractivity contribution is 5.82. The summed E-state index contributed by atoms with van der Waals surface area (Å²) in [7, 11) is 0. The Morgan fingerprint density at radius 2 is 1.69 bits per heavy atom. The number of aromatic nitrogens is 4. The number of hydrogen-bond donors (Lipinski definition) is 0. The van der Waals surface area contributed by atoms with Crippen LogP contribution in [-0.2, 0) is 13.1 Å². The molecule has 6 rings (SSSR count). The lowest BCUT2D eigenvalue weighted by Crippen LogP contribution is -2.40. The van der Waals surface area contributed by atoms with Crippen LogP contribution in [0.5, 0.6) is 11.5 Å². The normalized spacial score (nSPS) is 12.4. The SMILES string of the molecule is O=c1c2cc3c(cc2n(Cc2cccc(F)c2)c(=O)n1Cc1nc(-c2ccccc2)no1)OCO3. The topological polar surface area (TPSA) is 101 Å². The largest absolute Gasteiger partial charge is 0.454 e. The fourth-order valence-corrected chi connectivity index (χ4v) is 4.08. The Bertz CT molecular complexity index is 1690. The molecule has 0 saturated heterocycles. The van der Waals surface area contributed by atoms with Crippen LogP contribution in [0.15, 0.2) is 80.8 Å². The van der Waals surface area contributed by atoms with E-state index in [4.69, 9.17) is 14.0 Å². The predicted octanol–water partition coefficient (Wildman–Crippen LogP) is 3.18. The van der Waals surface area contributed by atoms with Crippen molar-refractivity contribution >= 4 is 10.9 Å². The van der Waals surface area contributed by atoms with Gasteiger partial charge in [0.05, 0.1) is 17.4 Å². The molecule has 3 heterocycles. The summed E-state index contributed by atoms with van der Waals surface area (Å²) in [4.78, 5) is 31.3. The van der Waals surface area contributed by atoms with Crippen molar-refractivity contribution in [3.8, 4) is 22.9 Å². The van der Waals surface area contributed by atoms with Crippen molar-refractivity contribution in [1.82, 2.24) is 19.3 Å². The van der Waals surface area contributed by atoms with Crippen molar-refractivity contribution in [2.45, 2.75) is 13.1 Å². The highest BCUT2D eigenvalue weighted by Gasteiger charge is 2.22. The standard InChI is InChI=1S/C25H17FN4O5/c26-17-8-4-5-15(9-17)12-29-19-11-21-20(33-14-34-21)10-18(19)24(31)30(25(29)32)13-22-27-23(28-35-22)16-6-2-1-3-7-16/h1-11H,12-14H2. The van der Waals surface area contributed by atoms with Crippen molar-refractivity contribution in [1.29, 1.82) is 0 Å². The fraction of sp³-hybridized carbons (Fsp3) is 0.120. The van der Waals surface area contributed by atoms with Gasteiger partial charge in [0.25, 0.3) is 5.56 Å². The Labute approximate surface area is 196 Å². The Kier molecular flexibility index (Phi) is 4.91. The lowest BCUT2D eigenvalue weighted by atomic mass is 10.2. The minimum absolute atomic E-state index is 0.0121. The minimum atomic E-state index is -0.606. The molecule has 5 aromatic rings. The van der Waals surface area contributed by atoms with Crippen LogP contribution in [-0.4, -0.2) is 26.1 Å². The van der Waals surface area contributed by atoms with Gasteiger partial charge in [0.1, 0.15) is 12.4 Å². The molecule has 0 spiro atoms. The van der Waals surface area contributed by atoms with E-state index in [1.807, 2.05) is 30.3 Å². The zero-order valence-corrected chi connectivity index (χ0v) is 18.2. The molecule has 0 amide bonds. The zero-order chi connectivity index (χ0) is 23.9. The van der Waals surface area contributed by atoms with Crippen molar-refractivity contribution in [3.63, 3.8) is 0 Å². The van der Waals surface area contributed by atoms with Crippen LogP contribution in [0.4, 0.5) is 4.39 Å². The Balaban J connectivity index is 1.49. The summed E-state index contributed by atoms with van der Waals surface area (Å²) in [6, 6.07) is 18.3. The molecule has 1 aliphatic rings. The first-order valence-electron chi connectivity index (χ1n) is 10.8. The maximum atomic E-state index is 13.8. The number of benzene rings is 3. The van der Waals surface area contributed by atoms with E-state index in [2.05, 4.69) is 10.1 Å². The lowest BCUT2D eigenvalue weighted by molar-refractivity contribution is 0.174. The van der Waals surface area contributed by atoms with Gasteiger partial charge in [-0.3, -0.25) is 13.9 Å². The molecule has 0 bridgehead atoms. The third-order valence-corrected chi connectivity index (χ3v) is 5.74. The maximum absolute atomic E-state index is 13.8. The monoisotopic (exact) mass is 472 g/mol. The molecule has 0 N–H and O–H groups in total. The van der Waals surface area contributed by atoms with Crippen LogP contribution < -0.4 is 20.7 Å². The molecule has 0 radical (unpaired) electrons. The first kappa shape index (κ1) is 20.8. The third-order valence-electron chi connectivity index (χ3n) is 5.74. The molecule has 1 aliphatic heterocycles. The quantitative estimate of drug-likeness (QED) is 0.387. The number of ether oxygens (including phenoxy) is 2. The molecule has 35 heavy (non-hydrogen) atoms. The lowest BCUT2D eigenvalue weighted by Gasteiger charge is -2.14. The number of fused-ring (bicyclic) bond motifs is 2. The average Bonchev–Trinajstić information content (AvgIpc) is 3.53. The van der Waals surface area contributed by atoms with Gasteiger partial charge in [-0.2, -0.15) is 4.98 Å². The predicted molar refractivity (Wildman–Crippen MR) is 123 cm³/mol. The molecule has 0 fully saturated rings. The van der Waals surface area contributed by atoms with Crippen molar-refractivity contribution in [3.05, 3.63) is 105 Å². The maximum Gasteiger partial charge on any atom is 0.332 e. The van der Waals surface area contributed by atoms with Gasteiger partial charge in [0.15, 0.2) is 11.5 Å². The summed E-state index contributed by atoms with van der Waals surface area (Å²) in [5, 5.41) is 4.21. The second-order valence-corrected chi connectivity index (χ2v) is 7.99. The van der Waals surface area contributed by atoms with Crippen LogP contribution in [0.2, 0.25) is 0 Å². The number of nitrogens with zero attached hydrogens (tertiary/aromatic N) is 4. The Morgan fingerprint density at radius 3 is 2.49 bits per heavy atom. The van der Waals surface area contributed by atoms with Gasteiger partial charge in [0, 0.05) is 11.6 Å². The molecule has 0 aliphatic carbocycles. The van der Waals surface area contributed by atoms with Crippen LogP contribution in [0.1, 0.15) is 11.5 Å². The summed E-state index contributed by atoms with van der Waals surface area (Å²) in [6.45, 7) is -0.185. The van der Waals surface area contributed by atoms with E-state index in [0.717, 1.165) is 10.1 Å². The van der Waals surface area contributed by atoms with E-state index >= 15 is 0 Å². The summed E-state index contributed by atoms with van der Waals surface area (Å²) >= 11 is 0. The van der Waals surface area contributed by atoms with Gasteiger partial charge in [-0.25, -0.2) is 9.18 Å². The van der Waals surface area contributed by atoms with Gasteiger partial charge in [-0.05, 0) is 23.8 Å². The summed E-state index contributed by atoms with van der Waals surface area (Å²) in [5.41, 5.74) is 0.494. The summed E-state index contributed by atoms with van der Waals surface area (Å²) in [5.74, 6) is 0.844. The van der Waals surface area contributed by atoms with E-state index in [0.29, 0.717) is 28.4 Å². The van der Waals surface area contributed by atoms with Crippen molar-refractivity contribution < 1.29 is 18.4 Å². The first-order valence-corrected chi connectivity index (χ1v) is 10.8. The highest BCUT2D eigenvalue weighted by Crippen LogP contribution is 2.34. The van der Waals surface area contributed by atoms with Crippen LogP contribution in [0.25, 0.3) is 22.3 Å². The second-order valence-electron chi connectivity index (χ2n) is 7.99. The Morgan fingerprint density at radius 1 is 0.886 bits per heavy atom. The van der Waals surface area contributed by atoms with Crippen molar-refractivity contribution in [2.24, 2.45) is 0 Å². The number of rotatable bonds is 5. The molecular formula is C25H17FN4O5. The molecule has 10 heteroatoms. The molecule has 174 valence electrons. The molecule has 0 saturated carbocycles. The van der Waals surface area contributed by atoms with Gasteiger partial charge in [0.2, 0.25) is 18.5 Å². The van der Waals surface area contributed by atoms with E-state index in [-0.39, 0.29) is 31.2 Å². The molecule has 9 nitrogen and oxygen atoms in total. The first-order chi connectivity index (χ1) is 17.1. The second kappa shape index (κ2) is 8.24. The van der Waals surface area contributed by atoms with E-state index < -0.39 is 17.1 Å². The van der Waals surface area contributed by atoms with Crippen LogP contribution in [0.3, 0.4) is 0 Å². The van der Waals surface area contributed by atoms with E-state index in [1.54, 1.807) is 24.3 Å². The summed E-state index contributed by atoms with van der Waals surface area (Å²) < 4.78 is 32.4. The minimum Gasteiger partial charge on any atom is -0.454 e. The molecule has 0 atom stereocenters. The highest BCUT2D eigenvalue weighted by atomic mass is 19.1. The van der Waals surface area contributed by atoms with Gasteiger partial charge in [-0.15, -0.1) is 0 Å². The molecular weight excluding hydrogens is 455 g/mol. The van der Waals surface area contributed by atoms with Gasteiger partial charge >= 0.3 is 5.69 Å². The van der Waals surface area contributed by atoms with Crippen LogP contribution in [0, 0.1) is 5.82 Å². The third kappa shape index (κ3) is 3.74. The average molecular weight is 472 g/mol. The van der Waals surface area contributed by atoms with E-state index in [9.17, 15) is 14.0 Å². The molecule has 2 aromatic heterocycles. The number of halogens is 1. The van der Waals surface area contributed by atoms with Crippen molar-refractivity contribution in [2.75, 3.05) is 6.79 Å². The summed E-state index contributed by atoms with van der Waals surface area (Å²) in [6.07, 6.45) is 0. The molecule has 3 aromatic carbocycles. The zero-order valence-electron chi connectivity index (χ0n) is 18.2. The van der Waals surface area contributed by atoms with Gasteiger partial charge in [-0.1, -0.05) is 47.6 Å². The fourth-order valence-electron chi connectivity index (χ4n) is 4.08. The van der Waals surface area contributed by atoms with Crippen LogP contribution >= 0.6 is 0 Å². The number of hydrogen-bond acceptors (Lipinski definition) is 7. The molecule has 0 unspecified atom stereocenters. The Hall–Kier alpha value is -4.73.